The van der Waals surface area contributed by atoms with Crippen LogP contribution in [0.15, 0.2) is 42.5 Å². The number of hydrogen-bond acceptors (Lipinski definition) is 4. The summed E-state index contributed by atoms with van der Waals surface area (Å²) >= 11 is 0. The number of nitrogens with two attached hydrogens (primary N) is 1. The molecule has 124 valence electrons. The predicted octanol–water partition coefficient (Wildman–Crippen LogP) is 4.38. The van der Waals surface area contributed by atoms with E-state index in [1.807, 2.05) is 64.1 Å². The molecule has 0 aliphatic carbocycles. The monoisotopic (exact) mass is 323 g/mol. The van der Waals surface area contributed by atoms with Crippen LogP contribution in [0.5, 0.6) is 0 Å². The van der Waals surface area contributed by atoms with Crippen molar-refractivity contribution in [1.82, 2.24) is 9.78 Å². The molecule has 0 amide bonds. The van der Waals surface area contributed by atoms with E-state index in [4.69, 9.17) is 10.5 Å². The Morgan fingerprint density at radius 1 is 1.17 bits per heavy atom. The number of nitrogen functional groups attached to an aromatic ring is 1. The molecule has 0 aliphatic heterocycles. The number of anilines is 1. The second-order valence-corrected chi connectivity index (χ2v) is 6.83. The Labute approximate surface area is 141 Å². The van der Waals surface area contributed by atoms with Crippen molar-refractivity contribution in [2.45, 2.75) is 33.3 Å². The predicted molar refractivity (Wildman–Crippen MR) is 96.0 cm³/mol. The van der Waals surface area contributed by atoms with E-state index < -0.39 is 11.7 Å². The van der Waals surface area contributed by atoms with Gasteiger partial charge in [0.2, 0.25) is 0 Å². The van der Waals surface area contributed by atoms with Crippen LogP contribution in [0, 0.1) is 6.92 Å². The second kappa shape index (κ2) is 5.67. The normalized spacial score (nSPS) is 11.7. The number of fused-ring (bicyclic) bond motifs is 1. The third-order valence-electron chi connectivity index (χ3n) is 3.68. The van der Waals surface area contributed by atoms with Crippen molar-refractivity contribution in [2.75, 3.05) is 5.73 Å². The van der Waals surface area contributed by atoms with Gasteiger partial charge in [-0.15, -0.1) is 0 Å². The van der Waals surface area contributed by atoms with E-state index in [1.54, 1.807) is 6.07 Å². The van der Waals surface area contributed by atoms with Crippen molar-refractivity contribution >= 4 is 22.7 Å². The first-order valence-corrected chi connectivity index (χ1v) is 7.84. The van der Waals surface area contributed by atoms with Gasteiger partial charge in [0.15, 0.2) is 0 Å². The highest BCUT2D eigenvalue weighted by molar-refractivity contribution is 5.99. The minimum Gasteiger partial charge on any atom is -0.442 e. The zero-order valence-corrected chi connectivity index (χ0v) is 14.3. The van der Waals surface area contributed by atoms with Crippen molar-refractivity contribution < 1.29 is 9.53 Å². The number of aromatic nitrogens is 2. The fourth-order valence-corrected chi connectivity index (χ4v) is 2.54. The van der Waals surface area contributed by atoms with Crippen LogP contribution in [-0.2, 0) is 4.74 Å². The van der Waals surface area contributed by atoms with Gasteiger partial charge in [-0.2, -0.15) is 9.78 Å². The highest BCUT2D eigenvalue weighted by Gasteiger charge is 2.23. The lowest BCUT2D eigenvalue weighted by Crippen LogP contribution is -2.27. The molecule has 1 heterocycles. The number of rotatable bonds is 1. The molecule has 3 rings (SSSR count). The third-order valence-corrected chi connectivity index (χ3v) is 3.68. The van der Waals surface area contributed by atoms with Gasteiger partial charge < -0.3 is 10.5 Å². The third kappa shape index (κ3) is 2.97. The Hall–Kier alpha value is -2.82. The molecule has 5 nitrogen and oxygen atoms in total. The molecule has 0 unspecified atom stereocenters. The van der Waals surface area contributed by atoms with E-state index >= 15 is 0 Å². The molecule has 1 aromatic heterocycles. The van der Waals surface area contributed by atoms with Crippen LogP contribution in [0.1, 0.15) is 26.3 Å². The lowest BCUT2D eigenvalue weighted by Gasteiger charge is -2.19. The van der Waals surface area contributed by atoms with E-state index in [9.17, 15) is 4.79 Å². The van der Waals surface area contributed by atoms with Crippen LogP contribution < -0.4 is 5.73 Å². The minimum atomic E-state index is -0.599. The summed E-state index contributed by atoms with van der Waals surface area (Å²) in [5, 5.41) is 5.39. The molecule has 0 spiro atoms. The lowest BCUT2D eigenvalue weighted by atomic mass is 10.1. The average molecular weight is 323 g/mol. The van der Waals surface area contributed by atoms with Gasteiger partial charge in [0, 0.05) is 16.6 Å². The molecule has 3 aromatic rings. The molecule has 0 bridgehead atoms. The maximum Gasteiger partial charge on any atom is 0.435 e. The van der Waals surface area contributed by atoms with Crippen LogP contribution >= 0.6 is 0 Å². The fraction of sp³-hybridized carbons (Fsp3) is 0.263. The summed E-state index contributed by atoms with van der Waals surface area (Å²) < 4.78 is 6.76. The number of aryl methyl sites for hydroxylation is 1. The molecular formula is C19H21N3O2. The molecule has 2 N–H and O–H groups in total. The summed E-state index contributed by atoms with van der Waals surface area (Å²) in [5.41, 5.74) is 9.32. The van der Waals surface area contributed by atoms with Crippen molar-refractivity contribution in [3.05, 3.63) is 48.0 Å². The fourth-order valence-electron chi connectivity index (χ4n) is 2.54. The van der Waals surface area contributed by atoms with Gasteiger partial charge in [0.25, 0.3) is 0 Å². The van der Waals surface area contributed by atoms with Gasteiger partial charge in [-0.05, 0) is 45.4 Å². The van der Waals surface area contributed by atoms with Crippen molar-refractivity contribution in [3.8, 4) is 11.3 Å². The maximum atomic E-state index is 12.6. The molecule has 0 fully saturated rings. The summed E-state index contributed by atoms with van der Waals surface area (Å²) in [6, 6.07) is 13.5. The van der Waals surface area contributed by atoms with Crippen LogP contribution in [0.2, 0.25) is 0 Å². The molecule has 0 atom stereocenters. The summed E-state index contributed by atoms with van der Waals surface area (Å²) in [7, 11) is 0. The van der Waals surface area contributed by atoms with E-state index in [2.05, 4.69) is 5.10 Å². The quantitative estimate of drug-likeness (QED) is 0.675. The Morgan fingerprint density at radius 3 is 2.46 bits per heavy atom. The number of carbonyl (C=O) groups excluding carboxylic acids is 1. The Morgan fingerprint density at radius 2 is 1.83 bits per heavy atom. The van der Waals surface area contributed by atoms with Gasteiger partial charge >= 0.3 is 6.09 Å². The summed E-state index contributed by atoms with van der Waals surface area (Å²) in [6.07, 6.45) is -0.516. The smallest absolute Gasteiger partial charge is 0.435 e. The highest BCUT2D eigenvalue weighted by atomic mass is 16.6. The number of ether oxygens (including phenoxy) is 1. The van der Waals surface area contributed by atoms with Gasteiger partial charge in [0.1, 0.15) is 11.3 Å². The van der Waals surface area contributed by atoms with Crippen molar-refractivity contribution in [3.63, 3.8) is 0 Å². The number of carbonyl (C=O) groups is 1. The number of benzene rings is 2. The van der Waals surface area contributed by atoms with Gasteiger partial charge in [-0.3, -0.25) is 0 Å². The second-order valence-electron chi connectivity index (χ2n) is 6.83. The van der Waals surface area contributed by atoms with Gasteiger partial charge in [-0.25, -0.2) is 4.79 Å². The lowest BCUT2D eigenvalue weighted by molar-refractivity contribution is 0.0523. The topological polar surface area (TPSA) is 70.1 Å². The molecular weight excluding hydrogens is 302 g/mol. The Balaban J connectivity index is 2.23. The number of hydrogen-bond donors (Lipinski definition) is 1. The average Bonchev–Trinajstić information content (AvgIpc) is 2.85. The molecule has 5 heteroatoms. The van der Waals surface area contributed by atoms with Crippen LogP contribution in [0.25, 0.3) is 22.2 Å². The van der Waals surface area contributed by atoms with Gasteiger partial charge in [0.05, 0.1) is 5.52 Å². The molecule has 2 aromatic carbocycles. The molecule has 0 saturated carbocycles. The SMILES string of the molecule is Cc1cc2c(-c3ccccc3)nn(C(=O)OC(C)(C)C)c2cc1N. The molecule has 24 heavy (non-hydrogen) atoms. The highest BCUT2D eigenvalue weighted by Crippen LogP contribution is 2.31. The van der Waals surface area contributed by atoms with Crippen LogP contribution in [0.4, 0.5) is 10.5 Å². The molecule has 0 saturated heterocycles. The molecule has 0 radical (unpaired) electrons. The maximum absolute atomic E-state index is 12.6. The first-order valence-electron chi connectivity index (χ1n) is 7.84. The van der Waals surface area contributed by atoms with Gasteiger partial charge in [-0.1, -0.05) is 30.3 Å². The van der Waals surface area contributed by atoms with Crippen molar-refractivity contribution in [1.29, 1.82) is 0 Å². The Bertz CT molecular complexity index is 906. The standard InChI is InChI=1S/C19H21N3O2/c1-12-10-14-16(11-15(12)20)22(18(23)24-19(2,3)4)21-17(14)13-8-6-5-7-9-13/h5-11H,20H2,1-4H3. The summed E-state index contributed by atoms with van der Waals surface area (Å²) in [4.78, 5) is 12.6. The van der Waals surface area contributed by atoms with E-state index in [0.717, 1.165) is 22.2 Å². The Kier molecular flexibility index (Phi) is 3.79. The van der Waals surface area contributed by atoms with Crippen LogP contribution in [0.3, 0.4) is 0 Å². The van der Waals surface area contributed by atoms with E-state index in [1.165, 1.54) is 4.68 Å². The first kappa shape index (κ1) is 16.1. The zero-order chi connectivity index (χ0) is 17.5. The summed E-state index contributed by atoms with van der Waals surface area (Å²) in [6.45, 7) is 7.42. The first-order chi connectivity index (χ1) is 11.3. The largest absolute Gasteiger partial charge is 0.442 e. The number of nitrogens with zero attached hydrogens (tertiary/aromatic N) is 2. The molecule has 0 aliphatic rings. The van der Waals surface area contributed by atoms with Crippen molar-refractivity contribution in [2.24, 2.45) is 0 Å². The van der Waals surface area contributed by atoms with Crippen LogP contribution in [-0.4, -0.2) is 21.5 Å². The van der Waals surface area contributed by atoms with E-state index in [-0.39, 0.29) is 0 Å². The summed E-state index contributed by atoms with van der Waals surface area (Å²) in [5.74, 6) is 0. The zero-order valence-electron chi connectivity index (χ0n) is 14.3. The minimum absolute atomic E-state index is 0.516. The van der Waals surface area contributed by atoms with E-state index in [0.29, 0.717) is 11.2 Å².